The highest BCUT2D eigenvalue weighted by atomic mass is 32.2. The average molecular weight is 269 g/mol. The first kappa shape index (κ1) is 14.2. The lowest BCUT2D eigenvalue weighted by Gasteiger charge is -2.29. The Morgan fingerprint density at radius 3 is 3.06 bits per heavy atom. The molecule has 4 heteroatoms. The van der Waals surface area contributed by atoms with Crippen LogP contribution in [-0.2, 0) is 0 Å². The first-order chi connectivity index (χ1) is 8.63. The van der Waals surface area contributed by atoms with Crippen LogP contribution in [-0.4, -0.2) is 48.5 Å². The zero-order chi connectivity index (χ0) is 13.0. The zero-order valence-corrected chi connectivity index (χ0v) is 12.8. The highest BCUT2D eigenvalue weighted by Gasteiger charge is 2.22. The van der Waals surface area contributed by atoms with E-state index in [0.29, 0.717) is 5.25 Å². The molecule has 0 aromatic rings. The topological polar surface area (TPSA) is 27.6 Å². The van der Waals surface area contributed by atoms with Gasteiger partial charge in [0, 0.05) is 18.3 Å². The van der Waals surface area contributed by atoms with Crippen LogP contribution in [0.3, 0.4) is 0 Å². The molecule has 2 aliphatic heterocycles. The summed E-state index contributed by atoms with van der Waals surface area (Å²) in [6.45, 7) is 9.21. The number of hydrogen-bond donors (Lipinski definition) is 1. The summed E-state index contributed by atoms with van der Waals surface area (Å²) < 4.78 is 0. The van der Waals surface area contributed by atoms with Crippen molar-refractivity contribution in [1.29, 1.82) is 0 Å². The molecule has 2 atom stereocenters. The summed E-state index contributed by atoms with van der Waals surface area (Å²) in [4.78, 5) is 7.07. The second-order valence-electron chi connectivity index (χ2n) is 6.17. The first-order valence-corrected chi connectivity index (χ1v) is 8.15. The van der Waals surface area contributed by atoms with E-state index in [1.165, 1.54) is 37.5 Å². The van der Waals surface area contributed by atoms with E-state index in [9.17, 15) is 0 Å². The Kier molecular flexibility index (Phi) is 5.37. The molecule has 0 amide bonds. The van der Waals surface area contributed by atoms with Crippen molar-refractivity contribution in [2.24, 2.45) is 16.8 Å². The number of piperidine rings is 1. The largest absolute Gasteiger partial charge is 0.365 e. The molecular formula is C14H27N3S. The van der Waals surface area contributed by atoms with Crippen LogP contribution >= 0.6 is 11.8 Å². The van der Waals surface area contributed by atoms with Gasteiger partial charge < -0.3 is 10.2 Å². The number of amidine groups is 1. The number of nitrogens with one attached hydrogen (secondary N) is 1. The quantitative estimate of drug-likeness (QED) is 0.849. The van der Waals surface area contributed by atoms with Crippen molar-refractivity contribution in [1.82, 2.24) is 10.2 Å². The smallest absolute Gasteiger partial charge is 0.156 e. The summed E-state index contributed by atoms with van der Waals surface area (Å²) in [5.74, 6) is 1.58. The predicted octanol–water partition coefficient (Wildman–Crippen LogP) is 2.44. The van der Waals surface area contributed by atoms with Crippen LogP contribution in [0.4, 0.5) is 0 Å². The Morgan fingerprint density at radius 2 is 2.33 bits per heavy atom. The number of nitrogens with zero attached hydrogens (tertiary/aromatic N) is 2. The van der Waals surface area contributed by atoms with Gasteiger partial charge in [-0.05, 0) is 44.7 Å². The van der Waals surface area contributed by atoms with Crippen LogP contribution in [0.2, 0.25) is 0 Å². The number of thioether (sulfide) groups is 1. The molecule has 0 spiro atoms. The van der Waals surface area contributed by atoms with Gasteiger partial charge in [-0.3, -0.25) is 4.99 Å². The van der Waals surface area contributed by atoms with E-state index in [4.69, 9.17) is 0 Å². The third-order valence-electron chi connectivity index (χ3n) is 3.72. The molecule has 1 saturated heterocycles. The summed E-state index contributed by atoms with van der Waals surface area (Å²) in [5, 5.41) is 5.46. The molecule has 2 aliphatic rings. The third-order valence-corrected chi connectivity index (χ3v) is 4.89. The van der Waals surface area contributed by atoms with E-state index in [1.54, 1.807) is 0 Å². The van der Waals surface area contributed by atoms with Crippen LogP contribution in [0.1, 0.15) is 33.1 Å². The van der Waals surface area contributed by atoms with Crippen LogP contribution < -0.4 is 5.32 Å². The van der Waals surface area contributed by atoms with Crippen LogP contribution in [0, 0.1) is 11.8 Å². The van der Waals surface area contributed by atoms with Crippen molar-refractivity contribution in [3.8, 4) is 0 Å². The van der Waals surface area contributed by atoms with Crippen molar-refractivity contribution >= 4 is 16.9 Å². The minimum absolute atomic E-state index is 0.710. The van der Waals surface area contributed by atoms with Gasteiger partial charge in [0.05, 0.1) is 6.54 Å². The van der Waals surface area contributed by atoms with E-state index < -0.39 is 0 Å². The van der Waals surface area contributed by atoms with Crippen LogP contribution in [0.25, 0.3) is 0 Å². The van der Waals surface area contributed by atoms with Crippen molar-refractivity contribution in [3.63, 3.8) is 0 Å². The minimum Gasteiger partial charge on any atom is -0.365 e. The highest BCUT2D eigenvalue weighted by molar-refractivity contribution is 8.14. The third kappa shape index (κ3) is 4.47. The maximum atomic E-state index is 4.63. The van der Waals surface area contributed by atoms with Gasteiger partial charge in [-0.25, -0.2) is 0 Å². The summed E-state index contributed by atoms with van der Waals surface area (Å²) in [5.41, 5.74) is 0. The summed E-state index contributed by atoms with van der Waals surface area (Å²) in [6, 6.07) is 0. The van der Waals surface area contributed by atoms with Gasteiger partial charge in [-0.2, -0.15) is 0 Å². The fourth-order valence-electron chi connectivity index (χ4n) is 2.83. The Balaban J connectivity index is 1.65. The van der Waals surface area contributed by atoms with Crippen molar-refractivity contribution in [2.45, 2.75) is 38.4 Å². The molecule has 2 heterocycles. The Labute approximate surface area is 116 Å². The Bertz CT molecular complexity index is 291. The fourth-order valence-corrected chi connectivity index (χ4v) is 4.10. The highest BCUT2D eigenvalue weighted by Crippen LogP contribution is 2.25. The van der Waals surface area contributed by atoms with Crippen molar-refractivity contribution in [3.05, 3.63) is 0 Å². The monoisotopic (exact) mass is 269 g/mol. The number of aliphatic imine (C=N–C) groups is 1. The molecule has 0 aliphatic carbocycles. The molecular weight excluding hydrogens is 242 g/mol. The van der Waals surface area contributed by atoms with Gasteiger partial charge in [-0.1, -0.05) is 25.6 Å². The van der Waals surface area contributed by atoms with E-state index in [0.717, 1.165) is 24.9 Å². The standard InChI is InChI=1S/C14H27N3S/c1-11(2)7-13-9-16-14(18-13)15-8-12-5-4-6-17(3)10-12/h11-13H,4-10H2,1-3H3,(H,15,16). The molecule has 104 valence electrons. The van der Waals surface area contributed by atoms with E-state index in [-0.39, 0.29) is 0 Å². The molecule has 0 saturated carbocycles. The molecule has 18 heavy (non-hydrogen) atoms. The summed E-state index contributed by atoms with van der Waals surface area (Å²) in [7, 11) is 2.23. The van der Waals surface area contributed by atoms with Crippen LogP contribution in [0.5, 0.6) is 0 Å². The molecule has 1 N–H and O–H groups in total. The second kappa shape index (κ2) is 6.80. The van der Waals surface area contributed by atoms with E-state index in [2.05, 4.69) is 36.1 Å². The molecule has 2 rings (SSSR count). The number of hydrogen-bond acceptors (Lipinski definition) is 4. The summed E-state index contributed by atoms with van der Waals surface area (Å²) in [6.07, 6.45) is 3.99. The zero-order valence-electron chi connectivity index (χ0n) is 12.0. The van der Waals surface area contributed by atoms with E-state index in [1.807, 2.05) is 11.8 Å². The van der Waals surface area contributed by atoms with Crippen LogP contribution in [0.15, 0.2) is 4.99 Å². The first-order valence-electron chi connectivity index (χ1n) is 7.27. The summed E-state index contributed by atoms with van der Waals surface area (Å²) >= 11 is 1.95. The lowest BCUT2D eigenvalue weighted by molar-refractivity contribution is 0.211. The Hall–Kier alpha value is -0.220. The molecule has 0 radical (unpaired) electrons. The molecule has 1 fully saturated rings. The minimum atomic E-state index is 0.710. The Morgan fingerprint density at radius 1 is 1.50 bits per heavy atom. The number of likely N-dealkylation sites (tertiary alicyclic amines) is 1. The van der Waals surface area contributed by atoms with E-state index >= 15 is 0 Å². The van der Waals surface area contributed by atoms with Crippen molar-refractivity contribution < 1.29 is 0 Å². The lowest BCUT2D eigenvalue weighted by atomic mass is 9.99. The molecule has 3 nitrogen and oxygen atoms in total. The van der Waals surface area contributed by atoms with Gasteiger partial charge in [-0.15, -0.1) is 0 Å². The van der Waals surface area contributed by atoms with Gasteiger partial charge in [0.2, 0.25) is 0 Å². The maximum Gasteiger partial charge on any atom is 0.156 e. The average Bonchev–Trinajstić information content (AvgIpc) is 2.73. The van der Waals surface area contributed by atoms with Gasteiger partial charge in [0.1, 0.15) is 0 Å². The lowest BCUT2D eigenvalue weighted by Crippen LogP contribution is -2.38. The van der Waals surface area contributed by atoms with Gasteiger partial charge >= 0.3 is 0 Å². The van der Waals surface area contributed by atoms with Crippen molar-refractivity contribution in [2.75, 3.05) is 33.2 Å². The fraction of sp³-hybridized carbons (Fsp3) is 0.929. The normalized spacial score (nSPS) is 29.7. The molecule has 0 aromatic heterocycles. The van der Waals surface area contributed by atoms with Gasteiger partial charge in [0.25, 0.3) is 0 Å². The molecule has 2 unspecified atom stereocenters. The van der Waals surface area contributed by atoms with Gasteiger partial charge in [0.15, 0.2) is 5.17 Å². The maximum absolute atomic E-state index is 4.63. The molecule has 0 bridgehead atoms. The SMILES string of the molecule is CC(C)CC1CN=C(NCC2CCCN(C)C2)S1. The second-order valence-corrected chi connectivity index (χ2v) is 7.46. The predicted molar refractivity (Wildman–Crippen MR) is 81.4 cm³/mol. The number of rotatable bonds is 4. The molecule has 0 aromatic carbocycles.